The summed E-state index contributed by atoms with van der Waals surface area (Å²) in [6.07, 6.45) is -0.0566. The highest BCUT2D eigenvalue weighted by Gasteiger charge is 2.37. The molecule has 1 aliphatic carbocycles. The third-order valence-electron chi connectivity index (χ3n) is 4.79. The summed E-state index contributed by atoms with van der Waals surface area (Å²) in [7, 11) is 0. The third kappa shape index (κ3) is 4.93. The molecule has 10 heteroatoms. The zero-order valence-corrected chi connectivity index (χ0v) is 15.9. The minimum atomic E-state index is -4.65. The van der Waals surface area contributed by atoms with Crippen molar-refractivity contribution >= 4 is 17.3 Å². The number of nitrogens with zero attached hydrogens (tertiary/aromatic N) is 4. The summed E-state index contributed by atoms with van der Waals surface area (Å²) in [5, 5.41) is 11.0. The Morgan fingerprint density at radius 3 is 2.62 bits per heavy atom. The second-order valence-corrected chi connectivity index (χ2v) is 6.79. The van der Waals surface area contributed by atoms with Crippen molar-refractivity contribution in [3.63, 3.8) is 0 Å². The van der Waals surface area contributed by atoms with E-state index in [9.17, 15) is 23.3 Å². The summed E-state index contributed by atoms with van der Waals surface area (Å²) in [5.74, 6) is -0.509. The number of hydrogen-bond acceptors (Lipinski definition) is 6. The highest BCUT2D eigenvalue weighted by molar-refractivity contribution is 5.61. The van der Waals surface area contributed by atoms with Gasteiger partial charge in [-0.1, -0.05) is 12.5 Å². The number of aromatic nitrogens is 2. The molecule has 1 fully saturated rings. The van der Waals surface area contributed by atoms with Crippen molar-refractivity contribution < 1.29 is 22.8 Å². The molecule has 0 atom stereocenters. The third-order valence-corrected chi connectivity index (χ3v) is 4.79. The van der Waals surface area contributed by atoms with Gasteiger partial charge in [-0.15, -0.1) is 0 Å². The van der Waals surface area contributed by atoms with E-state index in [0.29, 0.717) is 31.3 Å². The summed E-state index contributed by atoms with van der Waals surface area (Å²) in [6.45, 7) is 2.05. The van der Waals surface area contributed by atoms with Crippen molar-refractivity contribution in [3.05, 3.63) is 46.1 Å². The Kier molecular flexibility index (Phi) is 6.19. The molecule has 1 aliphatic rings. The average molecular weight is 410 g/mol. The lowest BCUT2D eigenvalue weighted by atomic mass is 9.98. The van der Waals surface area contributed by atoms with E-state index in [1.165, 1.54) is 23.1 Å². The molecule has 1 saturated carbocycles. The number of rotatable bonds is 6. The first kappa shape index (κ1) is 20.8. The van der Waals surface area contributed by atoms with Crippen LogP contribution < -0.4 is 9.64 Å². The van der Waals surface area contributed by atoms with Crippen LogP contribution in [0.1, 0.15) is 44.6 Å². The molecule has 0 amide bonds. The van der Waals surface area contributed by atoms with E-state index in [-0.39, 0.29) is 17.7 Å². The number of ether oxygens (including phenoxy) is 1. The van der Waals surface area contributed by atoms with Gasteiger partial charge in [-0.25, -0.2) is 4.98 Å². The Morgan fingerprint density at radius 1 is 1.28 bits per heavy atom. The predicted molar refractivity (Wildman–Crippen MR) is 100 cm³/mol. The minimum absolute atomic E-state index is 0.00759. The minimum Gasteiger partial charge on any atom is -0.474 e. The van der Waals surface area contributed by atoms with Crippen LogP contribution in [0.3, 0.4) is 0 Å². The number of non-ortho nitro benzene ring substituents is 1. The van der Waals surface area contributed by atoms with Gasteiger partial charge in [-0.3, -0.25) is 10.1 Å². The smallest absolute Gasteiger partial charge is 0.423 e. The molecule has 1 aromatic carbocycles. The van der Waals surface area contributed by atoms with E-state index in [1.807, 2.05) is 0 Å². The van der Waals surface area contributed by atoms with Gasteiger partial charge in [0.05, 0.1) is 10.6 Å². The lowest BCUT2D eigenvalue weighted by molar-refractivity contribution is -0.384. The Bertz CT molecular complexity index is 870. The summed E-state index contributed by atoms with van der Waals surface area (Å²) in [5.41, 5.74) is -0.751. The molecule has 0 radical (unpaired) electrons. The first-order chi connectivity index (χ1) is 13.8. The summed E-state index contributed by atoms with van der Waals surface area (Å²) in [6, 6.07) is 5.77. The SMILES string of the molecule is CCN(c1cccc([N+](=O)[O-])c1)c1ncc(C(F)(F)F)c(OC2CCCCC2)n1. The molecule has 0 spiro atoms. The van der Waals surface area contributed by atoms with Crippen molar-refractivity contribution in [1.29, 1.82) is 0 Å². The van der Waals surface area contributed by atoms with E-state index in [4.69, 9.17) is 4.74 Å². The van der Waals surface area contributed by atoms with Gasteiger partial charge >= 0.3 is 6.18 Å². The molecule has 0 unspecified atom stereocenters. The van der Waals surface area contributed by atoms with E-state index >= 15 is 0 Å². The zero-order valence-electron chi connectivity index (χ0n) is 15.9. The maximum Gasteiger partial charge on any atom is 0.423 e. The van der Waals surface area contributed by atoms with Gasteiger partial charge in [0.25, 0.3) is 5.69 Å². The van der Waals surface area contributed by atoms with E-state index < -0.39 is 22.5 Å². The van der Waals surface area contributed by atoms with Crippen LogP contribution in [0, 0.1) is 10.1 Å². The van der Waals surface area contributed by atoms with E-state index in [0.717, 1.165) is 19.3 Å². The standard InChI is InChI=1S/C19H21F3N4O3/c1-2-25(13-7-6-8-14(11-13)26(27)28)18-23-12-16(19(20,21)22)17(24-18)29-15-9-4-3-5-10-15/h6-8,11-12,15H,2-5,9-10H2,1H3. The molecule has 0 bridgehead atoms. The molecule has 7 nitrogen and oxygen atoms in total. The molecular formula is C19H21F3N4O3. The van der Waals surface area contributed by atoms with Crippen molar-refractivity contribution in [2.45, 2.75) is 51.3 Å². The van der Waals surface area contributed by atoms with Gasteiger partial charge in [0.15, 0.2) is 0 Å². The fourth-order valence-electron chi connectivity index (χ4n) is 3.33. The second-order valence-electron chi connectivity index (χ2n) is 6.79. The van der Waals surface area contributed by atoms with E-state index in [1.54, 1.807) is 13.0 Å². The van der Waals surface area contributed by atoms with Gasteiger partial charge in [-0.05, 0) is 38.7 Å². The molecule has 1 heterocycles. The van der Waals surface area contributed by atoms with Crippen LogP contribution in [0.15, 0.2) is 30.5 Å². The number of anilines is 2. The summed E-state index contributed by atoms with van der Waals surface area (Å²) in [4.78, 5) is 19.9. The number of alkyl halides is 3. The molecule has 156 valence electrons. The van der Waals surface area contributed by atoms with Gasteiger partial charge in [-0.2, -0.15) is 18.2 Å². The van der Waals surface area contributed by atoms with Gasteiger partial charge in [0.2, 0.25) is 11.8 Å². The van der Waals surface area contributed by atoms with Crippen LogP contribution in [0.2, 0.25) is 0 Å². The topological polar surface area (TPSA) is 81.4 Å². The molecule has 0 aliphatic heterocycles. The highest BCUT2D eigenvalue weighted by Crippen LogP contribution is 2.38. The lowest BCUT2D eigenvalue weighted by Gasteiger charge is -2.26. The van der Waals surface area contributed by atoms with Crippen LogP contribution in [0.25, 0.3) is 0 Å². The largest absolute Gasteiger partial charge is 0.474 e. The van der Waals surface area contributed by atoms with Gasteiger partial charge < -0.3 is 9.64 Å². The molecule has 0 N–H and O–H groups in total. The number of benzene rings is 1. The molecule has 0 saturated heterocycles. The van der Waals surface area contributed by atoms with Crippen molar-refractivity contribution in [2.24, 2.45) is 0 Å². The molecular weight excluding hydrogens is 389 g/mol. The monoisotopic (exact) mass is 410 g/mol. The maximum atomic E-state index is 13.4. The average Bonchev–Trinajstić information content (AvgIpc) is 2.69. The zero-order chi connectivity index (χ0) is 21.0. The summed E-state index contributed by atoms with van der Waals surface area (Å²) < 4.78 is 45.9. The molecule has 29 heavy (non-hydrogen) atoms. The van der Waals surface area contributed by atoms with Crippen LogP contribution in [-0.4, -0.2) is 27.5 Å². The lowest BCUT2D eigenvalue weighted by Crippen LogP contribution is -2.24. The van der Waals surface area contributed by atoms with Crippen molar-refractivity contribution in [2.75, 3.05) is 11.4 Å². The predicted octanol–water partition coefficient (Wildman–Crippen LogP) is 5.27. The fourth-order valence-corrected chi connectivity index (χ4v) is 3.33. The summed E-state index contributed by atoms with van der Waals surface area (Å²) >= 11 is 0. The maximum absolute atomic E-state index is 13.4. The molecule has 2 aromatic rings. The Balaban J connectivity index is 1.98. The Labute approximate surface area is 165 Å². The van der Waals surface area contributed by atoms with Crippen LogP contribution in [0.5, 0.6) is 5.88 Å². The number of nitro benzene ring substituents is 1. The quantitative estimate of drug-likeness (QED) is 0.476. The van der Waals surface area contributed by atoms with Crippen molar-refractivity contribution in [3.8, 4) is 5.88 Å². The second kappa shape index (κ2) is 8.62. The number of halogens is 3. The normalized spacial score (nSPS) is 15.2. The van der Waals surface area contributed by atoms with Crippen LogP contribution in [0.4, 0.5) is 30.5 Å². The fraction of sp³-hybridized carbons (Fsp3) is 0.474. The van der Waals surface area contributed by atoms with E-state index in [2.05, 4.69) is 9.97 Å². The van der Waals surface area contributed by atoms with Crippen LogP contribution >= 0.6 is 0 Å². The first-order valence-corrected chi connectivity index (χ1v) is 9.42. The number of hydrogen-bond donors (Lipinski definition) is 0. The first-order valence-electron chi connectivity index (χ1n) is 9.42. The van der Waals surface area contributed by atoms with Crippen molar-refractivity contribution in [1.82, 2.24) is 9.97 Å². The Hall–Kier alpha value is -2.91. The molecule has 3 rings (SSSR count). The Morgan fingerprint density at radius 2 is 2.00 bits per heavy atom. The number of nitro groups is 1. The molecule has 1 aromatic heterocycles. The van der Waals surface area contributed by atoms with Crippen LogP contribution in [-0.2, 0) is 6.18 Å². The highest BCUT2D eigenvalue weighted by atomic mass is 19.4. The van der Waals surface area contributed by atoms with Gasteiger partial charge in [0.1, 0.15) is 11.7 Å². The van der Waals surface area contributed by atoms with Gasteiger partial charge in [0, 0.05) is 24.9 Å².